The van der Waals surface area contributed by atoms with Gasteiger partial charge in [0.1, 0.15) is 0 Å². The third-order valence-corrected chi connectivity index (χ3v) is 5.48. The molecule has 4 rings (SSSR count). The van der Waals surface area contributed by atoms with Crippen LogP contribution in [-0.2, 0) is 0 Å². The minimum Gasteiger partial charge on any atom is -0.327 e. The summed E-state index contributed by atoms with van der Waals surface area (Å²) in [7, 11) is 0. The number of piperidine rings is 3. The van der Waals surface area contributed by atoms with E-state index in [-0.39, 0.29) is 0 Å². The number of nitrogens with zero attached hydrogens (tertiary/aromatic N) is 1. The molecule has 4 unspecified atom stereocenters. The van der Waals surface area contributed by atoms with E-state index in [4.69, 9.17) is 5.73 Å². The standard InChI is InChI=1S/C14H26N2/c1-2-3-13(15)12-5-4-11-10-6-8-16(9-7-10)14(11)12/h10-14H,2-9,15H2,1H3. The van der Waals surface area contributed by atoms with Crippen molar-refractivity contribution in [3.05, 3.63) is 0 Å². The second-order valence-corrected chi connectivity index (χ2v) is 6.22. The molecule has 0 radical (unpaired) electrons. The Hall–Kier alpha value is -0.0800. The molecule has 0 aromatic rings. The molecule has 1 aliphatic carbocycles. The van der Waals surface area contributed by atoms with Crippen LogP contribution in [0.25, 0.3) is 0 Å². The Bertz CT molecular complexity index is 245. The van der Waals surface area contributed by atoms with E-state index < -0.39 is 0 Å². The largest absolute Gasteiger partial charge is 0.327 e. The highest BCUT2D eigenvalue weighted by Crippen LogP contribution is 2.49. The van der Waals surface area contributed by atoms with Crippen molar-refractivity contribution < 1.29 is 0 Å². The van der Waals surface area contributed by atoms with Gasteiger partial charge in [-0.05, 0) is 62.9 Å². The number of hydrogen-bond acceptors (Lipinski definition) is 2. The molecule has 0 spiro atoms. The highest BCUT2D eigenvalue weighted by Gasteiger charge is 2.50. The smallest absolute Gasteiger partial charge is 0.0169 e. The van der Waals surface area contributed by atoms with E-state index in [2.05, 4.69) is 11.8 Å². The topological polar surface area (TPSA) is 29.3 Å². The summed E-state index contributed by atoms with van der Waals surface area (Å²) >= 11 is 0. The van der Waals surface area contributed by atoms with Gasteiger partial charge < -0.3 is 5.73 Å². The van der Waals surface area contributed by atoms with Gasteiger partial charge in [0.25, 0.3) is 0 Å². The van der Waals surface area contributed by atoms with Gasteiger partial charge >= 0.3 is 0 Å². The molecule has 3 heterocycles. The molecule has 2 bridgehead atoms. The van der Waals surface area contributed by atoms with Crippen molar-refractivity contribution in [2.45, 2.75) is 57.5 Å². The van der Waals surface area contributed by atoms with E-state index in [1.807, 2.05) is 0 Å². The van der Waals surface area contributed by atoms with Crippen LogP contribution in [0.1, 0.15) is 45.4 Å². The first-order valence-corrected chi connectivity index (χ1v) is 7.31. The van der Waals surface area contributed by atoms with E-state index in [1.165, 1.54) is 51.6 Å². The van der Waals surface area contributed by atoms with Gasteiger partial charge in [0.2, 0.25) is 0 Å². The van der Waals surface area contributed by atoms with E-state index >= 15 is 0 Å². The first-order valence-electron chi connectivity index (χ1n) is 7.31. The van der Waals surface area contributed by atoms with Gasteiger partial charge in [0.05, 0.1) is 0 Å². The maximum atomic E-state index is 6.40. The average Bonchev–Trinajstić information content (AvgIpc) is 2.77. The van der Waals surface area contributed by atoms with Gasteiger partial charge in [-0.15, -0.1) is 0 Å². The maximum Gasteiger partial charge on any atom is 0.0169 e. The summed E-state index contributed by atoms with van der Waals surface area (Å²) in [6, 6.07) is 1.34. The second-order valence-electron chi connectivity index (χ2n) is 6.22. The molecule has 1 saturated carbocycles. The van der Waals surface area contributed by atoms with E-state index in [0.29, 0.717) is 6.04 Å². The van der Waals surface area contributed by atoms with Crippen molar-refractivity contribution >= 4 is 0 Å². The molecule has 3 aliphatic heterocycles. The highest BCUT2D eigenvalue weighted by molar-refractivity contribution is 5.03. The molecule has 4 atom stereocenters. The Morgan fingerprint density at radius 3 is 2.62 bits per heavy atom. The molecule has 2 nitrogen and oxygen atoms in total. The van der Waals surface area contributed by atoms with Crippen LogP contribution in [0.4, 0.5) is 0 Å². The molecule has 92 valence electrons. The normalized spacial score (nSPS) is 48.0. The van der Waals surface area contributed by atoms with Gasteiger partial charge in [-0.3, -0.25) is 4.90 Å². The third kappa shape index (κ3) is 1.62. The van der Waals surface area contributed by atoms with Crippen LogP contribution in [0.3, 0.4) is 0 Å². The van der Waals surface area contributed by atoms with Gasteiger partial charge in [0.15, 0.2) is 0 Å². The van der Waals surface area contributed by atoms with Crippen molar-refractivity contribution in [1.29, 1.82) is 0 Å². The monoisotopic (exact) mass is 222 g/mol. The van der Waals surface area contributed by atoms with Crippen LogP contribution in [0.2, 0.25) is 0 Å². The molecule has 4 fully saturated rings. The quantitative estimate of drug-likeness (QED) is 0.793. The lowest BCUT2D eigenvalue weighted by atomic mass is 9.73. The summed E-state index contributed by atoms with van der Waals surface area (Å²) < 4.78 is 0. The molecular weight excluding hydrogens is 196 g/mol. The number of hydrogen-bond donors (Lipinski definition) is 1. The third-order valence-electron chi connectivity index (χ3n) is 5.48. The zero-order chi connectivity index (χ0) is 11.1. The maximum absolute atomic E-state index is 6.40. The van der Waals surface area contributed by atoms with Gasteiger partial charge in [0, 0.05) is 12.1 Å². The van der Waals surface area contributed by atoms with E-state index in [1.54, 1.807) is 0 Å². The summed E-state index contributed by atoms with van der Waals surface area (Å²) in [5.41, 5.74) is 6.40. The van der Waals surface area contributed by atoms with Crippen molar-refractivity contribution in [1.82, 2.24) is 4.90 Å². The fourth-order valence-corrected chi connectivity index (χ4v) is 4.76. The first-order chi connectivity index (χ1) is 7.81. The molecule has 16 heavy (non-hydrogen) atoms. The van der Waals surface area contributed by atoms with Crippen molar-refractivity contribution in [2.24, 2.45) is 23.5 Å². The van der Waals surface area contributed by atoms with Crippen LogP contribution in [0.5, 0.6) is 0 Å². The molecule has 2 N–H and O–H groups in total. The van der Waals surface area contributed by atoms with Crippen molar-refractivity contribution in [3.8, 4) is 0 Å². The van der Waals surface area contributed by atoms with Crippen molar-refractivity contribution in [2.75, 3.05) is 13.1 Å². The molecule has 2 heteroatoms. The zero-order valence-electron chi connectivity index (χ0n) is 10.6. The van der Waals surface area contributed by atoms with Gasteiger partial charge in [-0.25, -0.2) is 0 Å². The molecule has 0 aromatic heterocycles. The summed E-state index contributed by atoms with van der Waals surface area (Å²) in [4.78, 5) is 2.78. The molecule has 0 amide bonds. The summed E-state index contributed by atoms with van der Waals surface area (Å²) in [6.45, 7) is 4.99. The van der Waals surface area contributed by atoms with Gasteiger partial charge in [-0.2, -0.15) is 0 Å². The molecular formula is C14H26N2. The van der Waals surface area contributed by atoms with Crippen LogP contribution < -0.4 is 5.73 Å². The average molecular weight is 222 g/mol. The lowest BCUT2D eigenvalue weighted by Gasteiger charge is -2.51. The highest BCUT2D eigenvalue weighted by atomic mass is 15.2. The predicted octanol–water partition coefficient (Wildman–Crippen LogP) is 2.23. The Balaban J connectivity index is 1.74. The summed E-state index contributed by atoms with van der Waals surface area (Å²) in [5, 5.41) is 0. The second kappa shape index (κ2) is 4.30. The molecule has 3 saturated heterocycles. The van der Waals surface area contributed by atoms with Crippen LogP contribution >= 0.6 is 0 Å². The Kier molecular flexibility index (Phi) is 2.97. The lowest BCUT2D eigenvalue weighted by Crippen LogP contribution is -2.57. The number of nitrogens with two attached hydrogens (primary N) is 1. The Morgan fingerprint density at radius 2 is 1.94 bits per heavy atom. The SMILES string of the molecule is CCCC(N)C1CCC2C3CCN(CC3)C12. The first kappa shape index (κ1) is 11.0. The fraction of sp³-hybridized carbons (Fsp3) is 1.00. The Labute approximate surface area is 99.6 Å². The number of rotatable bonds is 3. The number of fused-ring (bicyclic) bond motifs is 2. The summed E-state index contributed by atoms with van der Waals surface area (Å²) in [6.07, 6.45) is 8.29. The van der Waals surface area contributed by atoms with Crippen LogP contribution in [0.15, 0.2) is 0 Å². The molecule has 0 aromatic carbocycles. The van der Waals surface area contributed by atoms with E-state index in [9.17, 15) is 0 Å². The lowest BCUT2D eigenvalue weighted by molar-refractivity contribution is -0.0141. The minimum absolute atomic E-state index is 0.472. The van der Waals surface area contributed by atoms with Crippen LogP contribution in [-0.4, -0.2) is 30.1 Å². The minimum atomic E-state index is 0.472. The van der Waals surface area contributed by atoms with Crippen LogP contribution in [0, 0.1) is 17.8 Å². The zero-order valence-corrected chi connectivity index (χ0v) is 10.6. The van der Waals surface area contributed by atoms with E-state index in [0.717, 1.165) is 23.8 Å². The molecule has 4 aliphatic rings. The summed E-state index contributed by atoms with van der Waals surface area (Å²) in [5.74, 6) is 2.87. The predicted molar refractivity (Wildman–Crippen MR) is 67.2 cm³/mol. The fourth-order valence-electron chi connectivity index (χ4n) is 4.76. The van der Waals surface area contributed by atoms with Gasteiger partial charge in [-0.1, -0.05) is 13.3 Å². The van der Waals surface area contributed by atoms with Crippen molar-refractivity contribution in [3.63, 3.8) is 0 Å². The Morgan fingerprint density at radius 1 is 1.19 bits per heavy atom.